The van der Waals surface area contributed by atoms with Gasteiger partial charge in [0, 0.05) is 42.7 Å². The van der Waals surface area contributed by atoms with Crippen molar-refractivity contribution < 1.29 is 28.5 Å². The minimum absolute atomic E-state index is 0.0160. The second kappa shape index (κ2) is 11.7. The lowest BCUT2D eigenvalue weighted by atomic mass is 10.1. The molecular weight excluding hydrogens is 517 g/mol. The molecule has 0 aliphatic carbocycles. The van der Waals surface area contributed by atoms with Crippen molar-refractivity contribution in [1.82, 2.24) is 9.55 Å². The van der Waals surface area contributed by atoms with E-state index in [0.717, 1.165) is 24.5 Å². The number of hydrogen-bond acceptors (Lipinski definition) is 7. The van der Waals surface area contributed by atoms with Crippen LogP contribution in [0.3, 0.4) is 0 Å². The third-order valence-electron chi connectivity index (χ3n) is 7.03. The Morgan fingerprint density at radius 1 is 1.15 bits per heavy atom. The van der Waals surface area contributed by atoms with Crippen LogP contribution in [0.25, 0.3) is 16.6 Å². The molecule has 0 amide bonds. The number of rotatable bonds is 10. The number of methoxy groups -OCH3 is 1. The number of hydrogen-bond donors (Lipinski definition) is 1. The minimum atomic E-state index is -1.38. The molecule has 4 aromatic rings. The highest BCUT2D eigenvalue weighted by Gasteiger charge is 2.29. The summed E-state index contributed by atoms with van der Waals surface area (Å²) < 4.78 is 33.8. The van der Waals surface area contributed by atoms with Gasteiger partial charge in [0.05, 0.1) is 23.9 Å². The van der Waals surface area contributed by atoms with Crippen molar-refractivity contribution in [2.24, 2.45) is 0 Å². The van der Waals surface area contributed by atoms with E-state index in [1.807, 2.05) is 24.0 Å². The molecule has 40 heavy (non-hydrogen) atoms. The summed E-state index contributed by atoms with van der Waals surface area (Å²) in [6.07, 6.45) is 4.60. The monoisotopic (exact) mass is 547 g/mol. The third-order valence-corrected chi connectivity index (χ3v) is 7.03. The number of aromatic nitrogens is 2. The maximum Gasteiger partial charge on any atom is 0.341 e. The fourth-order valence-electron chi connectivity index (χ4n) is 4.99. The summed E-state index contributed by atoms with van der Waals surface area (Å²) in [5.74, 6) is -0.829. The van der Waals surface area contributed by atoms with E-state index in [4.69, 9.17) is 14.2 Å². The molecule has 0 saturated carbocycles. The van der Waals surface area contributed by atoms with Gasteiger partial charge in [-0.3, -0.25) is 4.79 Å². The molecule has 2 aromatic heterocycles. The molecule has 3 heterocycles. The molecular formula is C30H30FN3O6. The molecule has 0 bridgehead atoms. The van der Waals surface area contributed by atoms with Gasteiger partial charge in [-0.1, -0.05) is 6.07 Å². The van der Waals surface area contributed by atoms with Crippen molar-refractivity contribution in [3.8, 4) is 17.3 Å². The number of nitrogens with zero attached hydrogens (tertiary/aromatic N) is 3. The number of aryl methyl sites for hydroxylation is 1. The number of halogens is 1. The first-order valence-corrected chi connectivity index (χ1v) is 13.0. The third kappa shape index (κ3) is 5.48. The number of anilines is 1. The second-order valence-corrected chi connectivity index (χ2v) is 9.63. The van der Waals surface area contributed by atoms with Gasteiger partial charge in [0.25, 0.3) is 0 Å². The highest BCUT2D eigenvalue weighted by Crippen LogP contribution is 2.32. The van der Waals surface area contributed by atoms with Crippen LogP contribution < -0.4 is 19.8 Å². The van der Waals surface area contributed by atoms with E-state index in [1.54, 1.807) is 48.2 Å². The zero-order valence-electron chi connectivity index (χ0n) is 22.3. The van der Waals surface area contributed by atoms with Crippen LogP contribution in [0.5, 0.6) is 11.6 Å². The Balaban J connectivity index is 1.53. The van der Waals surface area contributed by atoms with E-state index in [9.17, 15) is 14.7 Å². The topological polar surface area (TPSA) is 103 Å². The molecule has 0 spiro atoms. The van der Waals surface area contributed by atoms with Crippen molar-refractivity contribution in [3.05, 3.63) is 88.1 Å². The number of carboxylic acids is 1. The van der Waals surface area contributed by atoms with Crippen LogP contribution in [0.4, 0.5) is 10.1 Å². The van der Waals surface area contributed by atoms with Crippen molar-refractivity contribution in [2.45, 2.75) is 25.8 Å². The molecule has 9 nitrogen and oxygen atoms in total. The van der Waals surface area contributed by atoms with Gasteiger partial charge in [0.2, 0.25) is 11.3 Å². The van der Waals surface area contributed by atoms with Crippen molar-refractivity contribution in [1.29, 1.82) is 0 Å². The molecule has 10 heteroatoms. The SMILES string of the molecule is COCCOc1ccc(-n2cc(C(=O)O)c(=O)c3cc(F)c(N4CCC[C@@H]4COc4ncccc4C)cc32)cc1. The summed E-state index contributed by atoms with van der Waals surface area (Å²) in [7, 11) is 1.59. The number of benzene rings is 2. The van der Waals surface area contributed by atoms with Gasteiger partial charge >= 0.3 is 5.97 Å². The number of carbonyl (C=O) groups is 1. The van der Waals surface area contributed by atoms with Gasteiger partial charge in [-0.05, 0) is 62.2 Å². The van der Waals surface area contributed by atoms with Crippen molar-refractivity contribution >= 4 is 22.6 Å². The number of fused-ring (bicyclic) bond motifs is 1. The summed E-state index contributed by atoms with van der Waals surface area (Å²) in [5, 5.41) is 9.68. The molecule has 1 saturated heterocycles. The molecule has 1 fully saturated rings. The lowest BCUT2D eigenvalue weighted by Crippen LogP contribution is -2.35. The van der Waals surface area contributed by atoms with Crippen LogP contribution in [0, 0.1) is 12.7 Å². The van der Waals surface area contributed by atoms with E-state index in [1.165, 1.54) is 6.20 Å². The largest absolute Gasteiger partial charge is 0.491 e. The molecule has 0 radical (unpaired) electrons. The average Bonchev–Trinajstić information content (AvgIpc) is 3.41. The Bertz CT molecular complexity index is 1590. The molecule has 1 aliphatic heterocycles. The smallest absolute Gasteiger partial charge is 0.341 e. The van der Waals surface area contributed by atoms with Crippen LogP contribution in [0.1, 0.15) is 28.8 Å². The highest BCUT2D eigenvalue weighted by molar-refractivity contribution is 5.94. The van der Waals surface area contributed by atoms with Gasteiger partial charge in [0.15, 0.2) is 0 Å². The number of ether oxygens (including phenoxy) is 3. The summed E-state index contributed by atoms with van der Waals surface area (Å²) >= 11 is 0. The van der Waals surface area contributed by atoms with E-state index in [2.05, 4.69) is 4.98 Å². The fourth-order valence-corrected chi connectivity index (χ4v) is 4.99. The molecule has 208 valence electrons. The minimum Gasteiger partial charge on any atom is -0.491 e. The fraction of sp³-hybridized carbons (Fsp3) is 0.300. The van der Waals surface area contributed by atoms with E-state index in [-0.39, 0.29) is 11.4 Å². The quantitative estimate of drug-likeness (QED) is 0.287. The highest BCUT2D eigenvalue weighted by atomic mass is 19.1. The van der Waals surface area contributed by atoms with Crippen LogP contribution in [0.15, 0.2) is 65.7 Å². The Hall–Kier alpha value is -4.44. The Morgan fingerprint density at radius 3 is 2.67 bits per heavy atom. The van der Waals surface area contributed by atoms with Crippen LogP contribution >= 0.6 is 0 Å². The Labute approximate surface area is 230 Å². The van der Waals surface area contributed by atoms with Gasteiger partial charge in [-0.25, -0.2) is 14.2 Å². The molecule has 5 rings (SSSR count). The zero-order chi connectivity index (χ0) is 28.2. The van der Waals surface area contributed by atoms with E-state index >= 15 is 4.39 Å². The molecule has 1 N–H and O–H groups in total. The molecule has 2 aromatic carbocycles. The van der Waals surface area contributed by atoms with Crippen LogP contribution in [0.2, 0.25) is 0 Å². The van der Waals surface area contributed by atoms with Crippen molar-refractivity contribution in [3.63, 3.8) is 0 Å². The Morgan fingerprint density at radius 2 is 1.95 bits per heavy atom. The number of aromatic carboxylic acids is 1. The normalized spacial score (nSPS) is 15.0. The maximum atomic E-state index is 15.6. The molecule has 0 unspecified atom stereocenters. The van der Waals surface area contributed by atoms with Crippen molar-refractivity contribution in [2.75, 3.05) is 38.4 Å². The maximum absolute atomic E-state index is 15.6. The second-order valence-electron chi connectivity index (χ2n) is 9.63. The number of pyridine rings is 2. The van der Waals surface area contributed by atoms with Gasteiger partial charge in [-0.15, -0.1) is 0 Å². The Kier molecular flexibility index (Phi) is 7.97. The van der Waals surface area contributed by atoms with Gasteiger partial charge in [-0.2, -0.15) is 0 Å². The standard InChI is InChI=1S/C30H30FN3O6/c1-19-5-3-11-32-29(19)40-18-21-6-4-12-33(21)27-16-26-23(15-25(27)31)28(35)24(30(36)37)17-34(26)20-7-9-22(10-8-20)39-14-13-38-2/h3,5,7-11,15-17,21H,4,6,12-14,18H2,1-2H3,(H,36,37)/t21-/m1/s1. The first-order valence-electron chi connectivity index (χ1n) is 13.0. The average molecular weight is 548 g/mol. The summed E-state index contributed by atoms with van der Waals surface area (Å²) in [4.78, 5) is 31.2. The number of carboxylic acid groups (broad SMARTS) is 1. The lowest BCUT2D eigenvalue weighted by Gasteiger charge is -2.28. The molecule has 1 atom stereocenters. The summed E-state index contributed by atoms with van der Waals surface area (Å²) in [5.41, 5.74) is 1.04. The zero-order valence-corrected chi connectivity index (χ0v) is 22.3. The first-order chi connectivity index (χ1) is 19.4. The summed E-state index contributed by atoms with van der Waals surface area (Å²) in [6.45, 7) is 3.67. The predicted molar refractivity (Wildman–Crippen MR) is 149 cm³/mol. The van der Waals surface area contributed by atoms with Crippen LogP contribution in [-0.2, 0) is 4.74 Å². The van der Waals surface area contributed by atoms with Crippen LogP contribution in [-0.4, -0.2) is 60.1 Å². The molecule has 1 aliphatic rings. The first kappa shape index (κ1) is 27.1. The predicted octanol–water partition coefficient (Wildman–Crippen LogP) is 4.60. The van der Waals surface area contributed by atoms with E-state index in [0.29, 0.717) is 54.9 Å². The van der Waals surface area contributed by atoms with E-state index < -0.39 is 22.8 Å². The van der Waals surface area contributed by atoms with Gasteiger partial charge < -0.3 is 28.8 Å². The van der Waals surface area contributed by atoms with Gasteiger partial charge in [0.1, 0.15) is 30.3 Å². The lowest BCUT2D eigenvalue weighted by molar-refractivity contribution is 0.0695. The summed E-state index contributed by atoms with van der Waals surface area (Å²) in [6, 6.07) is 13.4.